The minimum atomic E-state index is -0.422. The van der Waals surface area contributed by atoms with E-state index >= 15 is 0 Å². The van der Waals surface area contributed by atoms with Crippen LogP contribution in [0.15, 0.2) is 12.7 Å². The summed E-state index contributed by atoms with van der Waals surface area (Å²) in [4.78, 5) is 11.0. The number of ether oxygens (including phenoxy) is 3. The minimum absolute atomic E-state index is 0.0460. The zero-order valence-corrected chi connectivity index (χ0v) is 11.1. The lowest BCUT2D eigenvalue weighted by atomic mass is 9.90. The molecule has 1 aliphatic rings. The monoisotopic (exact) mass is 242 g/mol. The molecule has 0 aromatic rings. The third-order valence-corrected chi connectivity index (χ3v) is 2.64. The van der Waals surface area contributed by atoms with Crippen LogP contribution in [0.4, 0.5) is 0 Å². The number of carbonyl (C=O) groups excluding carboxylic acids is 1. The number of hydrogen-bond donors (Lipinski definition) is 0. The van der Waals surface area contributed by atoms with Crippen molar-refractivity contribution in [2.24, 2.45) is 10.8 Å². The average Bonchev–Trinajstić information content (AvgIpc) is 2.25. The fourth-order valence-electron chi connectivity index (χ4n) is 1.53. The maximum Gasteiger partial charge on any atom is 0.330 e. The van der Waals surface area contributed by atoms with Crippen molar-refractivity contribution in [1.29, 1.82) is 0 Å². The van der Waals surface area contributed by atoms with Crippen molar-refractivity contribution in [3.63, 3.8) is 0 Å². The van der Waals surface area contributed by atoms with E-state index in [0.717, 1.165) is 6.08 Å². The van der Waals surface area contributed by atoms with Gasteiger partial charge in [-0.05, 0) is 0 Å². The van der Waals surface area contributed by atoms with Gasteiger partial charge in [-0.15, -0.1) is 0 Å². The Kier molecular flexibility index (Phi) is 4.33. The van der Waals surface area contributed by atoms with Gasteiger partial charge in [-0.2, -0.15) is 0 Å². The van der Waals surface area contributed by atoms with Crippen molar-refractivity contribution < 1.29 is 19.0 Å². The summed E-state index contributed by atoms with van der Waals surface area (Å²) in [6.07, 6.45) is 0.815. The van der Waals surface area contributed by atoms with Crippen molar-refractivity contribution in [3.8, 4) is 0 Å². The first kappa shape index (κ1) is 14.2. The van der Waals surface area contributed by atoms with Gasteiger partial charge in [0, 0.05) is 16.9 Å². The Hall–Kier alpha value is -0.870. The lowest BCUT2D eigenvalue weighted by Crippen LogP contribution is -2.46. The molecule has 0 aliphatic carbocycles. The molecule has 1 aliphatic heterocycles. The van der Waals surface area contributed by atoms with E-state index in [0.29, 0.717) is 13.2 Å². The van der Waals surface area contributed by atoms with Crippen LogP contribution in [0, 0.1) is 10.8 Å². The van der Waals surface area contributed by atoms with Gasteiger partial charge in [-0.1, -0.05) is 34.3 Å². The molecule has 0 atom stereocenters. The van der Waals surface area contributed by atoms with Gasteiger partial charge < -0.3 is 14.2 Å². The molecule has 0 amide bonds. The lowest BCUT2D eigenvalue weighted by molar-refractivity contribution is -0.268. The Balaban J connectivity index is 2.48. The summed E-state index contributed by atoms with van der Waals surface area (Å²) in [5, 5.41) is 0. The second-order valence-corrected chi connectivity index (χ2v) is 5.92. The summed E-state index contributed by atoms with van der Waals surface area (Å²) in [5.41, 5.74) is -0.320. The summed E-state index contributed by atoms with van der Waals surface area (Å²) >= 11 is 0. The van der Waals surface area contributed by atoms with Gasteiger partial charge >= 0.3 is 5.97 Å². The van der Waals surface area contributed by atoms with Crippen LogP contribution in [-0.4, -0.2) is 32.1 Å². The highest BCUT2D eigenvalue weighted by Gasteiger charge is 2.38. The van der Waals surface area contributed by atoms with E-state index < -0.39 is 5.97 Å². The van der Waals surface area contributed by atoms with E-state index in [2.05, 4.69) is 20.4 Å². The SMILES string of the molecule is C=CC(=O)OCC(C)(C)C1OCC(C)(C)CO1. The third-order valence-electron chi connectivity index (χ3n) is 2.64. The first-order valence-corrected chi connectivity index (χ1v) is 5.79. The van der Waals surface area contributed by atoms with Crippen molar-refractivity contribution in [3.05, 3.63) is 12.7 Å². The van der Waals surface area contributed by atoms with Crippen LogP contribution in [0.1, 0.15) is 27.7 Å². The normalized spacial score (nSPS) is 20.9. The smallest absolute Gasteiger partial charge is 0.330 e. The summed E-state index contributed by atoms with van der Waals surface area (Å²) < 4.78 is 16.4. The molecule has 98 valence electrons. The van der Waals surface area contributed by atoms with Crippen LogP contribution in [0.3, 0.4) is 0 Å². The molecule has 0 bridgehead atoms. The van der Waals surface area contributed by atoms with E-state index in [4.69, 9.17) is 14.2 Å². The molecule has 0 aromatic heterocycles. The molecule has 4 heteroatoms. The molecule has 0 aromatic carbocycles. The van der Waals surface area contributed by atoms with Gasteiger partial charge in [0.05, 0.1) is 13.2 Å². The Labute approximate surface area is 103 Å². The summed E-state index contributed by atoms with van der Waals surface area (Å²) in [6.45, 7) is 13.0. The molecule has 1 saturated heterocycles. The summed E-state index contributed by atoms with van der Waals surface area (Å²) in [5.74, 6) is -0.422. The maximum absolute atomic E-state index is 11.0. The minimum Gasteiger partial charge on any atom is -0.462 e. The standard InChI is InChI=1S/C13H22O4/c1-6-10(14)15-9-13(4,5)11-16-7-12(2,3)8-17-11/h6,11H,1,7-9H2,2-5H3. The van der Waals surface area contributed by atoms with Crippen LogP contribution in [-0.2, 0) is 19.0 Å². The number of hydrogen-bond acceptors (Lipinski definition) is 4. The number of esters is 1. The predicted octanol–water partition coefficient (Wildman–Crippen LogP) is 2.14. The molecular formula is C13H22O4. The summed E-state index contributed by atoms with van der Waals surface area (Å²) in [6, 6.07) is 0. The maximum atomic E-state index is 11.0. The van der Waals surface area contributed by atoms with E-state index in [1.807, 2.05) is 13.8 Å². The van der Waals surface area contributed by atoms with Crippen molar-refractivity contribution in [2.45, 2.75) is 34.0 Å². The fraction of sp³-hybridized carbons (Fsp3) is 0.769. The Bertz CT molecular complexity index is 284. The molecule has 0 spiro atoms. The second kappa shape index (κ2) is 5.19. The van der Waals surface area contributed by atoms with Crippen LogP contribution < -0.4 is 0 Å². The average molecular weight is 242 g/mol. The zero-order valence-electron chi connectivity index (χ0n) is 11.1. The number of carbonyl (C=O) groups is 1. The molecule has 1 heterocycles. The van der Waals surface area contributed by atoms with Gasteiger partial charge in [0.15, 0.2) is 6.29 Å². The molecule has 4 nitrogen and oxygen atoms in total. The first-order chi connectivity index (χ1) is 7.77. The van der Waals surface area contributed by atoms with Gasteiger partial charge in [0.25, 0.3) is 0 Å². The first-order valence-electron chi connectivity index (χ1n) is 5.79. The fourth-order valence-corrected chi connectivity index (χ4v) is 1.53. The van der Waals surface area contributed by atoms with E-state index in [9.17, 15) is 4.79 Å². The zero-order chi connectivity index (χ0) is 13.1. The third kappa shape index (κ3) is 4.13. The van der Waals surface area contributed by atoms with Gasteiger partial charge in [-0.3, -0.25) is 0 Å². The molecular weight excluding hydrogens is 220 g/mol. The van der Waals surface area contributed by atoms with Gasteiger partial charge in [-0.25, -0.2) is 4.79 Å². The summed E-state index contributed by atoms with van der Waals surface area (Å²) in [7, 11) is 0. The topological polar surface area (TPSA) is 44.8 Å². The molecule has 1 fully saturated rings. The molecule has 0 unspecified atom stereocenters. The van der Waals surface area contributed by atoms with Crippen LogP contribution in [0.2, 0.25) is 0 Å². The van der Waals surface area contributed by atoms with Crippen LogP contribution in [0.5, 0.6) is 0 Å². The van der Waals surface area contributed by atoms with Crippen molar-refractivity contribution in [2.75, 3.05) is 19.8 Å². The molecule has 0 radical (unpaired) electrons. The Morgan fingerprint density at radius 2 is 2.00 bits per heavy atom. The van der Waals surface area contributed by atoms with Gasteiger partial charge in [0.2, 0.25) is 0 Å². The predicted molar refractivity (Wildman–Crippen MR) is 64.4 cm³/mol. The van der Waals surface area contributed by atoms with E-state index in [1.54, 1.807) is 0 Å². The number of rotatable bonds is 4. The van der Waals surface area contributed by atoms with Crippen molar-refractivity contribution in [1.82, 2.24) is 0 Å². The van der Waals surface area contributed by atoms with Crippen LogP contribution in [0.25, 0.3) is 0 Å². The molecule has 1 rings (SSSR count). The van der Waals surface area contributed by atoms with E-state index in [-0.39, 0.29) is 23.7 Å². The highest BCUT2D eigenvalue weighted by atomic mass is 16.7. The Morgan fingerprint density at radius 1 is 1.47 bits per heavy atom. The van der Waals surface area contributed by atoms with Crippen molar-refractivity contribution >= 4 is 5.97 Å². The molecule has 0 N–H and O–H groups in total. The second-order valence-electron chi connectivity index (χ2n) is 5.92. The highest BCUT2D eigenvalue weighted by molar-refractivity contribution is 5.81. The molecule has 17 heavy (non-hydrogen) atoms. The molecule has 0 saturated carbocycles. The Morgan fingerprint density at radius 3 is 2.47 bits per heavy atom. The van der Waals surface area contributed by atoms with Crippen LogP contribution >= 0.6 is 0 Å². The highest BCUT2D eigenvalue weighted by Crippen LogP contribution is 2.32. The largest absolute Gasteiger partial charge is 0.462 e. The van der Waals surface area contributed by atoms with E-state index in [1.165, 1.54) is 0 Å². The quantitative estimate of drug-likeness (QED) is 0.559. The lowest BCUT2D eigenvalue weighted by Gasteiger charge is -2.41. The van der Waals surface area contributed by atoms with Gasteiger partial charge in [0.1, 0.15) is 6.61 Å².